The molecule has 1 saturated heterocycles. The number of aryl methyl sites for hydroxylation is 1. The van der Waals surface area contributed by atoms with Crippen LogP contribution in [0.5, 0.6) is 0 Å². The van der Waals surface area contributed by atoms with Crippen LogP contribution in [0.3, 0.4) is 0 Å². The molecule has 0 radical (unpaired) electrons. The molecule has 104 valence electrons. The number of rotatable bonds is 1. The lowest BCUT2D eigenvalue weighted by molar-refractivity contribution is -0.148. The number of carbonyl (C=O) groups is 3. The van der Waals surface area contributed by atoms with Gasteiger partial charge in [-0.3, -0.25) is 14.9 Å². The van der Waals surface area contributed by atoms with E-state index in [-0.39, 0.29) is 0 Å². The monoisotopic (exact) mass is 292 g/mol. The van der Waals surface area contributed by atoms with Crippen LogP contribution in [0, 0.1) is 12.3 Å². The summed E-state index contributed by atoms with van der Waals surface area (Å²) in [4.78, 5) is 37.4. The summed E-state index contributed by atoms with van der Waals surface area (Å²) in [6, 6.07) is 4.25. The summed E-state index contributed by atoms with van der Waals surface area (Å²) >= 11 is 6.04. The van der Waals surface area contributed by atoms with Gasteiger partial charge in [0.05, 0.1) is 5.69 Å². The van der Waals surface area contributed by atoms with E-state index in [0.717, 1.165) is 16.9 Å². The van der Waals surface area contributed by atoms with Crippen molar-refractivity contribution in [3.63, 3.8) is 0 Å². The van der Waals surface area contributed by atoms with Crippen molar-refractivity contribution in [2.75, 3.05) is 4.90 Å². The number of benzene rings is 1. The molecule has 1 aromatic carbocycles. The lowest BCUT2D eigenvalue weighted by atomic mass is 9.66. The highest BCUT2D eigenvalue weighted by Crippen LogP contribution is 2.45. The average molecular weight is 293 g/mol. The zero-order valence-electron chi connectivity index (χ0n) is 10.9. The molecule has 0 unspecified atom stereocenters. The third-order valence-electron chi connectivity index (χ3n) is 4.09. The Bertz CT molecular complexity index is 637. The second-order valence-electron chi connectivity index (χ2n) is 5.27. The zero-order valence-corrected chi connectivity index (χ0v) is 11.7. The molecule has 4 amide bonds. The summed E-state index contributed by atoms with van der Waals surface area (Å²) in [5.41, 5.74) is 0.183. The topological polar surface area (TPSA) is 66.5 Å². The van der Waals surface area contributed by atoms with Crippen molar-refractivity contribution in [3.8, 4) is 0 Å². The molecule has 0 bridgehead atoms. The third kappa shape index (κ3) is 1.66. The number of hydrogen-bond acceptors (Lipinski definition) is 3. The number of nitrogens with zero attached hydrogens (tertiary/aromatic N) is 1. The Labute approximate surface area is 120 Å². The van der Waals surface area contributed by atoms with Gasteiger partial charge < -0.3 is 0 Å². The Morgan fingerprint density at radius 1 is 1.25 bits per heavy atom. The second kappa shape index (κ2) is 4.31. The maximum Gasteiger partial charge on any atom is 0.335 e. The summed E-state index contributed by atoms with van der Waals surface area (Å²) in [7, 11) is 0. The molecule has 6 heteroatoms. The number of imide groups is 2. The number of amides is 4. The quantitative estimate of drug-likeness (QED) is 0.808. The van der Waals surface area contributed by atoms with Gasteiger partial charge in [-0.05, 0) is 37.5 Å². The number of hydrogen-bond donors (Lipinski definition) is 1. The van der Waals surface area contributed by atoms with Gasteiger partial charge in [-0.2, -0.15) is 0 Å². The van der Waals surface area contributed by atoms with Crippen molar-refractivity contribution in [1.29, 1.82) is 0 Å². The molecule has 1 aliphatic carbocycles. The fourth-order valence-electron chi connectivity index (χ4n) is 2.60. The second-order valence-corrected chi connectivity index (χ2v) is 5.68. The van der Waals surface area contributed by atoms with Gasteiger partial charge in [-0.1, -0.05) is 24.1 Å². The SMILES string of the molecule is Cc1ccc(N2C(=O)NC(=O)C3(CCC3)C2=O)cc1Cl. The Kier molecular flexibility index (Phi) is 2.83. The minimum atomic E-state index is -1.06. The summed E-state index contributed by atoms with van der Waals surface area (Å²) < 4.78 is 0. The van der Waals surface area contributed by atoms with Crippen LogP contribution in [0.15, 0.2) is 18.2 Å². The number of carbonyl (C=O) groups excluding carboxylic acids is 3. The van der Waals surface area contributed by atoms with E-state index in [1.165, 1.54) is 0 Å². The van der Waals surface area contributed by atoms with Crippen molar-refractivity contribution < 1.29 is 14.4 Å². The van der Waals surface area contributed by atoms with Crippen LogP contribution in [0.1, 0.15) is 24.8 Å². The minimum absolute atomic E-state index is 0.391. The van der Waals surface area contributed by atoms with Gasteiger partial charge in [0.25, 0.3) is 5.91 Å². The van der Waals surface area contributed by atoms with Crippen LogP contribution in [0.4, 0.5) is 10.5 Å². The Balaban J connectivity index is 2.03. The fourth-order valence-corrected chi connectivity index (χ4v) is 2.78. The summed E-state index contributed by atoms with van der Waals surface area (Å²) in [6.07, 6.45) is 1.79. The number of nitrogens with one attached hydrogen (secondary N) is 1. The first kappa shape index (κ1) is 13.1. The van der Waals surface area contributed by atoms with Gasteiger partial charge in [0.1, 0.15) is 5.41 Å². The normalized spacial score (nSPS) is 20.9. The van der Waals surface area contributed by atoms with Crippen molar-refractivity contribution in [2.45, 2.75) is 26.2 Å². The molecule has 2 aliphatic rings. The number of halogens is 1. The summed E-state index contributed by atoms with van der Waals surface area (Å²) in [6.45, 7) is 1.83. The molecular formula is C14H13ClN2O3. The molecule has 1 heterocycles. The molecule has 3 rings (SSSR count). The predicted molar refractivity (Wildman–Crippen MR) is 73.5 cm³/mol. The van der Waals surface area contributed by atoms with Crippen molar-refractivity contribution in [1.82, 2.24) is 5.32 Å². The molecule has 0 atom stereocenters. The van der Waals surface area contributed by atoms with E-state index in [9.17, 15) is 14.4 Å². The van der Waals surface area contributed by atoms with Crippen LogP contribution in [-0.2, 0) is 9.59 Å². The Morgan fingerprint density at radius 2 is 1.95 bits per heavy atom. The van der Waals surface area contributed by atoms with E-state index in [2.05, 4.69) is 5.32 Å². The largest absolute Gasteiger partial charge is 0.335 e. The van der Waals surface area contributed by atoms with E-state index in [4.69, 9.17) is 11.6 Å². The predicted octanol–water partition coefficient (Wildman–Crippen LogP) is 2.40. The van der Waals surface area contributed by atoms with E-state index in [1.54, 1.807) is 18.2 Å². The van der Waals surface area contributed by atoms with Gasteiger partial charge in [-0.25, -0.2) is 9.69 Å². The first-order valence-electron chi connectivity index (χ1n) is 6.42. The van der Waals surface area contributed by atoms with Gasteiger partial charge in [0.15, 0.2) is 0 Å². The number of barbiturate groups is 1. The molecule has 2 fully saturated rings. The van der Waals surface area contributed by atoms with E-state index in [1.807, 2.05) is 6.92 Å². The van der Waals surface area contributed by atoms with Gasteiger partial charge in [-0.15, -0.1) is 0 Å². The molecule has 0 aromatic heterocycles. The van der Waals surface area contributed by atoms with E-state index < -0.39 is 23.3 Å². The molecular weight excluding hydrogens is 280 g/mol. The van der Waals surface area contributed by atoms with Crippen molar-refractivity contribution >= 4 is 35.1 Å². The molecule has 1 N–H and O–H groups in total. The minimum Gasteiger partial charge on any atom is -0.276 e. The van der Waals surface area contributed by atoms with Crippen LogP contribution in [0.25, 0.3) is 0 Å². The fraction of sp³-hybridized carbons (Fsp3) is 0.357. The maximum atomic E-state index is 12.5. The van der Waals surface area contributed by atoms with Crippen LogP contribution >= 0.6 is 11.6 Å². The van der Waals surface area contributed by atoms with Gasteiger partial charge in [0.2, 0.25) is 5.91 Å². The molecule has 1 spiro atoms. The van der Waals surface area contributed by atoms with Crippen molar-refractivity contribution in [2.24, 2.45) is 5.41 Å². The molecule has 5 nitrogen and oxygen atoms in total. The zero-order chi connectivity index (χ0) is 14.5. The highest BCUT2D eigenvalue weighted by molar-refractivity contribution is 6.33. The standard InChI is InChI=1S/C14H13ClN2O3/c1-8-3-4-9(7-10(8)15)17-12(19)14(5-2-6-14)11(18)16-13(17)20/h3-4,7H,2,5-6H2,1H3,(H,16,18,20). The maximum absolute atomic E-state index is 12.5. The lowest BCUT2D eigenvalue weighted by Gasteiger charge is -2.44. The average Bonchev–Trinajstić information content (AvgIpc) is 2.31. The first-order valence-corrected chi connectivity index (χ1v) is 6.80. The number of anilines is 1. The Morgan fingerprint density at radius 3 is 2.50 bits per heavy atom. The summed E-state index contributed by atoms with van der Waals surface area (Å²) in [5, 5.41) is 2.74. The van der Waals surface area contributed by atoms with Crippen LogP contribution < -0.4 is 10.2 Å². The molecule has 1 aromatic rings. The van der Waals surface area contributed by atoms with E-state index in [0.29, 0.717) is 23.6 Å². The summed E-state index contributed by atoms with van der Waals surface area (Å²) in [5.74, 6) is -0.925. The molecule has 1 aliphatic heterocycles. The van der Waals surface area contributed by atoms with Gasteiger partial charge in [0, 0.05) is 5.02 Å². The molecule has 20 heavy (non-hydrogen) atoms. The Hall–Kier alpha value is -1.88. The third-order valence-corrected chi connectivity index (χ3v) is 4.50. The van der Waals surface area contributed by atoms with Gasteiger partial charge >= 0.3 is 6.03 Å². The molecule has 1 saturated carbocycles. The highest BCUT2D eigenvalue weighted by Gasteiger charge is 2.57. The smallest absolute Gasteiger partial charge is 0.276 e. The lowest BCUT2D eigenvalue weighted by Crippen LogP contribution is -2.66. The first-order chi connectivity index (χ1) is 9.45. The number of urea groups is 1. The van der Waals surface area contributed by atoms with Crippen LogP contribution in [0.2, 0.25) is 5.02 Å². The van der Waals surface area contributed by atoms with Crippen molar-refractivity contribution in [3.05, 3.63) is 28.8 Å². The van der Waals surface area contributed by atoms with Crippen LogP contribution in [-0.4, -0.2) is 17.8 Å². The van der Waals surface area contributed by atoms with E-state index >= 15 is 0 Å². The highest BCUT2D eigenvalue weighted by atomic mass is 35.5.